The molecular formula is C20H22N4O4. The molecule has 0 spiro atoms. The number of fused-ring (bicyclic) bond motifs is 1. The molecule has 1 atom stereocenters. The van der Waals surface area contributed by atoms with Crippen molar-refractivity contribution in [2.75, 3.05) is 6.54 Å². The molecule has 1 unspecified atom stereocenters. The number of nitrogens with one attached hydrogen (secondary N) is 1. The third kappa shape index (κ3) is 3.45. The van der Waals surface area contributed by atoms with Gasteiger partial charge in [0.2, 0.25) is 5.91 Å². The van der Waals surface area contributed by atoms with Gasteiger partial charge in [0.05, 0.1) is 37.2 Å². The lowest BCUT2D eigenvalue weighted by Gasteiger charge is -2.33. The molecule has 3 aromatic heterocycles. The fourth-order valence-electron chi connectivity index (χ4n) is 3.46. The maximum Gasteiger partial charge on any atom is 0.290 e. The van der Waals surface area contributed by atoms with Crippen molar-refractivity contribution >= 4 is 11.8 Å². The van der Waals surface area contributed by atoms with E-state index in [0.717, 1.165) is 11.4 Å². The molecule has 0 bridgehead atoms. The highest BCUT2D eigenvalue weighted by Gasteiger charge is 2.32. The number of hydrogen-bond donors (Lipinski definition) is 1. The summed E-state index contributed by atoms with van der Waals surface area (Å²) in [6, 6.07) is 5.17. The third-order valence-corrected chi connectivity index (χ3v) is 4.98. The summed E-state index contributed by atoms with van der Waals surface area (Å²) >= 11 is 0. The summed E-state index contributed by atoms with van der Waals surface area (Å²) in [6.45, 7) is 5.33. The molecule has 3 aromatic rings. The number of imidazole rings is 1. The van der Waals surface area contributed by atoms with E-state index in [2.05, 4.69) is 10.3 Å². The average Bonchev–Trinajstić information content (AvgIpc) is 3.40. The van der Waals surface area contributed by atoms with Crippen molar-refractivity contribution in [2.45, 2.75) is 39.4 Å². The van der Waals surface area contributed by atoms with Gasteiger partial charge in [-0.1, -0.05) is 0 Å². The molecule has 4 rings (SSSR count). The van der Waals surface area contributed by atoms with Crippen LogP contribution < -0.4 is 5.32 Å². The van der Waals surface area contributed by atoms with E-state index >= 15 is 0 Å². The largest absolute Gasteiger partial charge is 0.467 e. The molecule has 146 valence electrons. The van der Waals surface area contributed by atoms with Crippen LogP contribution in [0.4, 0.5) is 0 Å². The van der Waals surface area contributed by atoms with Crippen LogP contribution in [-0.4, -0.2) is 32.8 Å². The van der Waals surface area contributed by atoms with E-state index in [9.17, 15) is 9.59 Å². The average molecular weight is 382 g/mol. The van der Waals surface area contributed by atoms with E-state index in [0.29, 0.717) is 36.8 Å². The second-order valence-corrected chi connectivity index (χ2v) is 6.92. The molecule has 28 heavy (non-hydrogen) atoms. The van der Waals surface area contributed by atoms with Gasteiger partial charge in [-0.3, -0.25) is 9.59 Å². The fourth-order valence-corrected chi connectivity index (χ4v) is 3.46. The van der Waals surface area contributed by atoms with E-state index in [4.69, 9.17) is 8.83 Å². The van der Waals surface area contributed by atoms with Crippen LogP contribution in [0.5, 0.6) is 0 Å². The molecule has 0 saturated carbocycles. The zero-order chi connectivity index (χ0) is 19.7. The summed E-state index contributed by atoms with van der Waals surface area (Å²) < 4.78 is 12.6. The van der Waals surface area contributed by atoms with Crippen molar-refractivity contribution in [3.8, 4) is 0 Å². The molecule has 1 aliphatic heterocycles. The maximum absolute atomic E-state index is 12.8. The molecule has 0 aliphatic carbocycles. The Morgan fingerprint density at radius 2 is 2.11 bits per heavy atom. The van der Waals surface area contributed by atoms with Crippen LogP contribution >= 0.6 is 0 Å². The van der Waals surface area contributed by atoms with Crippen molar-refractivity contribution < 1.29 is 18.4 Å². The lowest BCUT2D eigenvalue weighted by atomic mass is 10.1. The highest BCUT2D eigenvalue weighted by Crippen LogP contribution is 2.27. The summed E-state index contributed by atoms with van der Waals surface area (Å²) in [5.41, 5.74) is 1.50. The third-order valence-electron chi connectivity index (χ3n) is 4.98. The van der Waals surface area contributed by atoms with Crippen LogP contribution in [0.1, 0.15) is 46.4 Å². The Morgan fingerprint density at radius 3 is 2.82 bits per heavy atom. The number of aryl methyl sites for hydroxylation is 1. The zero-order valence-corrected chi connectivity index (χ0v) is 15.8. The highest BCUT2D eigenvalue weighted by atomic mass is 16.3. The molecule has 8 heteroatoms. The van der Waals surface area contributed by atoms with Gasteiger partial charge in [-0.25, -0.2) is 4.98 Å². The standard InChI is InChI=1S/C20H22N4O4/c1-13-5-9-28-18(13)20(26)24-7-6-23-12-15(22-19(23)14(24)2)10-17(25)21-11-16-4-3-8-27-16/h3-5,8-9,12,14H,6-7,10-11H2,1-2H3,(H,21,25). The number of hydrogen-bond acceptors (Lipinski definition) is 5. The first-order valence-electron chi connectivity index (χ1n) is 9.23. The highest BCUT2D eigenvalue weighted by molar-refractivity contribution is 5.93. The van der Waals surface area contributed by atoms with Gasteiger partial charge in [0.15, 0.2) is 5.76 Å². The Balaban J connectivity index is 1.43. The second kappa shape index (κ2) is 7.38. The second-order valence-electron chi connectivity index (χ2n) is 6.92. The van der Waals surface area contributed by atoms with Crippen molar-refractivity contribution in [2.24, 2.45) is 0 Å². The molecule has 1 N–H and O–H groups in total. The predicted octanol–water partition coefficient (Wildman–Crippen LogP) is 2.45. The van der Waals surface area contributed by atoms with E-state index in [1.54, 1.807) is 23.3 Å². The van der Waals surface area contributed by atoms with Gasteiger partial charge in [0.25, 0.3) is 5.91 Å². The Hall–Kier alpha value is -3.29. The number of nitrogens with zero attached hydrogens (tertiary/aromatic N) is 3. The Bertz CT molecular complexity index is 986. The number of rotatable bonds is 5. The number of aromatic nitrogens is 2. The molecule has 0 radical (unpaired) electrons. The van der Waals surface area contributed by atoms with Crippen LogP contribution in [0.3, 0.4) is 0 Å². The topological polar surface area (TPSA) is 93.5 Å². The normalized spacial score (nSPS) is 16.1. The molecule has 8 nitrogen and oxygen atoms in total. The van der Waals surface area contributed by atoms with Crippen molar-refractivity contribution in [3.63, 3.8) is 0 Å². The minimum absolute atomic E-state index is 0.126. The minimum atomic E-state index is -0.203. The Morgan fingerprint density at radius 1 is 1.25 bits per heavy atom. The van der Waals surface area contributed by atoms with Gasteiger partial charge in [-0.05, 0) is 32.0 Å². The number of amides is 2. The number of carbonyl (C=O) groups excluding carboxylic acids is 2. The van der Waals surface area contributed by atoms with Crippen molar-refractivity contribution in [1.82, 2.24) is 19.8 Å². The number of carbonyl (C=O) groups is 2. The van der Waals surface area contributed by atoms with Gasteiger partial charge in [0, 0.05) is 24.8 Å². The quantitative estimate of drug-likeness (QED) is 0.732. The van der Waals surface area contributed by atoms with Crippen LogP contribution in [0, 0.1) is 6.92 Å². The van der Waals surface area contributed by atoms with Crippen LogP contribution in [-0.2, 0) is 24.3 Å². The SMILES string of the molecule is Cc1ccoc1C(=O)N1CCn2cc(CC(=O)NCc3ccco3)nc2C1C. The van der Waals surface area contributed by atoms with Crippen molar-refractivity contribution in [1.29, 1.82) is 0 Å². The lowest BCUT2D eigenvalue weighted by molar-refractivity contribution is -0.120. The van der Waals surface area contributed by atoms with Gasteiger partial charge >= 0.3 is 0 Å². The smallest absolute Gasteiger partial charge is 0.290 e. The van der Waals surface area contributed by atoms with Crippen LogP contribution in [0.15, 0.2) is 45.8 Å². The monoisotopic (exact) mass is 382 g/mol. The minimum Gasteiger partial charge on any atom is -0.467 e. The van der Waals surface area contributed by atoms with Gasteiger partial charge in [-0.2, -0.15) is 0 Å². The fraction of sp³-hybridized carbons (Fsp3) is 0.350. The molecule has 1 aliphatic rings. The van der Waals surface area contributed by atoms with Crippen LogP contribution in [0.2, 0.25) is 0 Å². The predicted molar refractivity (Wildman–Crippen MR) is 99.4 cm³/mol. The lowest BCUT2D eigenvalue weighted by Crippen LogP contribution is -2.41. The Kier molecular flexibility index (Phi) is 4.77. The number of furan rings is 2. The van der Waals surface area contributed by atoms with Crippen LogP contribution in [0.25, 0.3) is 0 Å². The summed E-state index contributed by atoms with van der Waals surface area (Å²) in [4.78, 5) is 31.4. The molecule has 0 saturated heterocycles. The van der Waals surface area contributed by atoms with Crippen molar-refractivity contribution in [3.05, 3.63) is 65.5 Å². The zero-order valence-electron chi connectivity index (χ0n) is 15.8. The Labute approximate surface area is 162 Å². The summed E-state index contributed by atoms with van der Waals surface area (Å²) in [6.07, 6.45) is 5.16. The van der Waals surface area contributed by atoms with E-state index in [1.165, 1.54) is 6.26 Å². The first-order valence-corrected chi connectivity index (χ1v) is 9.23. The van der Waals surface area contributed by atoms with E-state index in [1.807, 2.05) is 30.7 Å². The summed E-state index contributed by atoms with van der Waals surface area (Å²) in [5, 5.41) is 2.82. The van der Waals surface area contributed by atoms with Gasteiger partial charge < -0.3 is 23.6 Å². The first kappa shape index (κ1) is 18.1. The molecular weight excluding hydrogens is 360 g/mol. The maximum atomic E-state index is 12.8. The molecule has 2 amide bonds. The van der Waals surface area contributed by atoms with E-state index in [-0.39, 0.29) is 24.3 Å². The first-order chi connectivity index (χ1) is 13.5. The molecule has 4 heterocycles. The molecule has 0 fully saturated rings. The van der Waals surface area contributed by atoms with Gasteiger partial charge in [0.1, 0.15) is 11.6 Å². The van der Waals surface area contributed by atoms with E-state index < -0.39 is 0 Å². The molecule has 0 aromatic carbocycles. The summed E-state index contributed by atoms with van der Waals surface area (Å²) in [7, 11) is 0. The summed E-state index contributed by atoms with van der Waals surface area (Å²) in [5.74, 6) is 1.58. The van der Waals surface area contributed by atoms with Gasteiger partial charge in [-0.15, -0.1) is 0 Å².